The third-order valence-corrected chi connectivity index (χ3v) is 7.00. The van der Waals surface area contributed by atoms with Crippen LogP contribution in [0.3, 0.4) is 0 Å². The third kappa shape index (κ3) is 7.05. The van der Waals surface area contributed by atoms with Gasteiger partial charge in [0.25, 0.3) is 0 Å². The maximum atomic E-state index is 13.6. The van der Waals surface area contributed by atoms with E-state index in [2.05, 4.69) is 11.4 Å². The monoisotopic (exact) mass is 490 g/mol. The molecule has 0 saturated heterocycles. The van der Waals surface area contributed by atoms with Crippen molar-refractivity contribution in [2.45, 2.75) is 53.0 Å². The second kappa shape index (κ2) is 11.5. The van der Waals surface area contributed by atoms with Gasteiger partial charge in [-0.3, -0.25) is 9.59 Å². The summed E-state index contributed by atoms with van der Waals surface area (Å²) in [6.45, 7) is 10.6. The van der Waals surface area contributed by atoms with E-state index in [1.807, 2.05) is 56.9 Å². The molecule has 1 aliphatic heterocycles. The molecular formula is C26H35ClN2O3S. The topological polar surface area (TPSA) is 49.9 Å². The smallest absolute Gasteiger partial charge is 0.242 e. The Morgan fingerprint density at radius 3 is 2.61 bits per heavy atom. The predicted molar refractivity (Wildman–Crippen MR) is 135 cm³/mol. The van der Waals surface area contributed by atoms with Crippen molar-refractivity contribution >= 4 is 34.8 Å². The zero-order valence-electron chi connectivity index (χ0n) is 20.1. The van der Waals surface area contributed by atoms with E-state index in [9.17, 15) is 9.59 Å². The minimum atomic E-state index is -0.159. The Balaban J connectivity index is 1.81. The number of carbonyl (C=O) groups is 2. The van der Waals surface area contributed by atoms with E-state index in [1.54, 1.807) is 16.2 Å². The van der Waals surface area contributed by atoms with E-state index in [0.29, 0.717) is 44.2 Å². The molecule has 5 nitrogen and oxygen atoms in total. The van der Waals surface area contributed by atoms with E-state index in [1.165, 1.54) is 10.4 Å². The summed E-state index contributed by atoms with van der Waals surface area (Å²) in [7, 11) is 0. The van der Waals surface area contributed by atoms with Gasteiger partial charge in [0.05, 0.1) is 12.6 Å². The molecule has 0 aliphatic carbocycles. The number of nitrogens with zero attached hydrogens (tertiary/aromatic N) is 2. The summed E-state index contributed by atoms with van der Waals surface area (Å²) in [5, 5.41) is 2.76. The number of halogens is 1. The fourth-order valence-electron chi connectivity index (χ4n) is 4.20. The average Bonchev–Trinajstić information content (AvgIpc) is 3.23. The second-order valence-electron chi connectivity index (χ2n) is 9.69. The van der Waals surface area contributed by atoms with Gasteiger partial charge in [0, 0.05) is 42.6 Å². The van der Waals surface area contributed by atoms with Crippen LogP contribution < -0.4 is 0 Å². The highest BCUT2D eigenvalue weighted by molar-refractivity contribution is 7.10. The van der Waals surface area contributed by atoms with E-state index in [4.69, 9.17) is 16.3 Å². The number of fused-ring (bicyclic) bond motifs is 1. The summed E-state index contributed by atoms with van der Waals surface area (Å²) in [5.41, 5.74) is 2.07. The van der Waals surface area contributed by atoms with Crippen molar-refractivity contribution in [3.63, 3.8) is 0 Å². The number of thiophene rings is 1. The molecule has 3 rings (SSSR count). The highest BCUT2D eigenvalue weighted by Gasteiger charge is 2.34. The van der Waals surface area contributed by atoms with Gasteiger partial charge in [-0.1, -0.05) is 44.5 Å². The Morgan fingerprint density at radius 2 is 1.94 bits per heavy atom. The van der Waals surface area contributed by atoms with E-state index in [0.717, 1.165) is 12.0 Å². The molecule has 2 heterocycles. The van der Waals surface area contributed by atoms with Crippen LogP contribution in [0, 0.1) is 5.41 Å². The largest absolute Gasteiger partial charge is 0.382 e. The first-order valence-electron chi connectivity index (χ1n) is 11.7. The zero-order valence-corrected chi connectivity index (χ0v) is 21.7. The van der Waals surface area contributed by atoms with Gasteiger partial charge >= 0.3 is 0 Å². The average molecular weight is 491 g/mol. The molecule has 0 saturated carbocycles. The highest BCUT2D eigenvalue weighted by Crippen LogP contribution is 2.38. The quantitative estimate of drug-likeness (QED) is 0.432. The lowest BCUT2D eigenvalue weighted by atomic mass is 9.91. The second-order valence-corrected chi connectivity index (χ2v) is 11.1. The van der Waals surface area contributed by atoms with Crippen molar-refractivity contribution in [1.82, 2.24) is 9.80 Å². The summed E-state index contributed by atoms with van der Waals surface area (Å²) in [6, 6.07) is 9.67. The molecule has 0 spiro atoms. The van der Waals surface area contributed by atoms with Crippen LogP contribution in [0.25, 0.3) is 0 Å². The van der Waals surface area contributed by atoms with Crippen LogP contribution in [-0.4, -0.2) is 54.5 Å². The van der Waals surface area contributed by atoms with Crippen molar-refractivity contribution in [2.75, 3.05) is 32.8 Å². The van der Waals surface area contributed by atoms with Crippen molar-refractivity contribution in [1.29, 1.82) is 0 Å². The van der Waals surface area contributed by atoms with Crippen molar-refractivity contribution < 1.29 is 14.3 Å². The lowest BCUT2D eigenvalue weighted by Gasteiger charge is -2.38. The molecule has 1 aromatic heterocycles. The normalized spacial score (nSPS) is 15.9. The van der Waals surface area contributed by atoms with Crippen molar-refractivity contribution in [2.24, 2.45) is 5.41 Å². The fraction of sp³-hybridized carbons (Fsp3) is 0.538. The molecule has 7 heteroatoms. The number of ether oxygens (including phenoxy) is 1. The van der Waals surface area contributed by atoms with Gasteiger partial charge in [-0.2, -0.15) is 0 Å². The summed E-state index contributed by atoms with van der Waals surface area (Å²) in [5.74, 6) is -0.00547. The molecule has 33 heavy (non-hydrogen) atoms. The van der Waals surface area contributed by atoms with Gasteiger partial charge in [0.1, 0.15) is 0 Å². The van der Waals surface area contributed by atoms with Crippen LogP contribution in [0.15, 0.2) is 35.7 Å². The number of hydrogen-bond donors (Lipinski definition) is 0. The van der Waals surface area contributed by atoms with Gasteiger partial charge in [-0.05, 0) is 59.9 Å². The highest BCUT2D eigenvalue weighted by atomic mass is 35.5. The minimum absolute atomic E-state index is 0.0172. The molecular weight excluding hydrogens is 456 g/mol. The molecule has 1 atom stereocenters. The first-order chi connectivity index (χ1) is 15.7. The minimum Gasteiger partial charge on any atom is -0.382 e. The fourth-order valence-corrected chi connectivity index (χ4v) is 5.23. The van der Waals surface area contributed by atoms with E-state index < -0.39 is 0 Å². The lowest BCUT2D eigenvalue weighted by Crippen LogP contribution is -2.47. The van der Waals surface area contributed by atoms with E-state index in [-0.39, 0.29) is 29.8 Å². The molecule has 1 unspecified atom stereocenters. The SMILES string of the molecule is CCOCCCN(CC(=O)N1CCc2sccc2C1c1ccc(Cl)cc1)C(=O)CC(C)(C)C. The van der Waals surface area contributed by atoms with Crippen LogP contribution in [0.2, 0.25) is 5.02 Å². The Morgan fingerprint density at radius 1 is 1.21 bits per heavy atom. The van der Waals surface area contributed by atoms with Gasteiger partial charge in [0.2, 0.25) is 11.8 Å². The van der Waals surface area contributed by atoms with Crippen LogP contribution in [0.1, 0.15) is 62.6 Å². The summed E-state index contributed by atoms with van der Waals surface area (Å²) < 4.78 is 5.46. The Kier molecular flexibility index (Phi) is 8.96. The molecule has 0 fully saturated rings. The zero-order chi connectivity index (χ0) is 24.0. The number of carbonyl (C=O) groups excluding carboxylic acids is 2. The lowest BCUT2D eigenvalue weighted by molar-refractivity contribution is -0.143. The van der Waals surface area contributed by atoms with Gasteiger partial charge in [0.15, 0.2) is 0 Å². The Bertz CT molecular complexity index is 936. The van der Waals surface area contributed by atoms with E-state index >= 15 is 0 Å². The summed E-state index contributed by atoms with van der Waals surface area (Å²) >= 11 is 7.86. The van der Waals surface area contributed by atoms with Crippen LogP contribution in [0.5, 0.6) is 0 Å². The standard InChI is InChI=1S/C26H35ClN2O3S/c1-5-32-15-6-13-28(23(30)17-26(2,3)4)18-24(31)29-14-11-22-21(12-16-33-22)25(29)19-7-9-20(27)10-8-19/h7-10,12,16,25H,5-6,11,13-15,17-18H2,1-4H3. The summed E-state index contributed by atoms with van der Waals surface area (Å²) in [6.07, 6.45) is 1.96. The molecule has 0 N–H and O–H groups in total. The predicted octanol–water partition coefficient (Wildman–Crippen LogP) is 5.57. The van der Waals surface area contributed by atoms with Gasteiger partial charge < -0.3 is 14.5 Å². The Hall–Kier alpha value is -1.89. The maximum absolute atomic E-state index is 13.6. The van der Waals surface area contributed by atoms with Crippen LogP contribution in [-0.2, 0) is 20.7 Å². The van der Waals surface area contributed by atoms with Gasteiger partial charge in [-0.15, -0.1) is 11.3 Å². The molecule has 2 aromatic rings. The van der Waals surface area contributed by atoms with Crippen molar-refractivity contribution in [3.8, 4) is 0 Å². The molecule has 0 radical (unpaired) electrons. The maximum Gasteiger partial charge on any atom is 0.242 e. The molecule has 1 aliphatic rings. The Labute approximate surface area is 206 Å². The molecule has 180 valence electrons. The number of hydrogen-bond acceptors (Lipinski definition) is 4. The molecule has 0 bridgehead atoms. The third-order valence-electron chi connectivity index (χ3n) is 5.75. The summed E-state index contributed by atoms with van der Waals surface area (Å²) in [4.78, 5) is 31.7. The first kappa shape index (κ1) is 25.7. The van der Waals surface area contributed by atoms with Gasteiger partial charge in [-0.25, -0.2) is 0 Å². The molecule has 1 aromatic carbocycles. The number of rotatable bonds is 9. The first-order valence-corrected chi connectivity index (χ1v) is 12.9. The molecule has 2 amide bonds. The van der Waals surface area contributed by atoms with Crippen molar-refractivity contribution in [3.05, 3.63) is 56.7 Å². The number of benzene rings is 1. The van der Waals surface area contributed by atoms with Crippen LogP contribution >= 0.6 is 22.9 Å². The number of amides is 2. The van der Waals surface area contributed by atoms with Crippen LogP contribution in [0.4, 0.5) is 0 Å².